The smallest absolute Gasteiger partial charge is 0.256 e. The summed E-state index contributed by atoms with van der Waals surface area (Å²) >= 11 is 5.71. The third-order valence-electron chi connectivity index (χ3n) is 3.87. The van der Waals surface area contributed by atoms with Gasteiger partial charge in [0, 0.05) is 49.0 Å². The summed E-state index contributed by atoms with van der Waals surface area (Å²) in [5.74, 6) is 0.447. The maximum absolute atomic E-state index is 12.7. The lowest BCUT2D eigenvalue weighted by Gasteiger charge is -2.19. The molecular weight excluding hydrogens is 300 g/mol. The van der Waals surface area contributed by atoms with E-state index in [4.69, 9.17) is 11.6 Å². The minimum absolute atomic E-state index is 0.0198. The second-order valence-corrected chi connectivity index (χ2v) is 5.71. The van der Waals surface area contributed by atoms with E-state index in [2.05, 4.69) is 0 Å². The van der Waals surface area contributed by atoms with Crippen molar-refractivity contribution in [1.29, 1.82) is 0 Å². The predicted octanol–water partition coefficient (Wildman–Crippen LogP) is 3.13. The van der Waals surface area contributed by atoms with Crippen LogP contribution < -0.4 is 0 Å². The number of Topliss-reactive ketones (excluding diaryl/α,β-unsaturated/α-hetero) is 1. The summed E-state index contributed by atoms with van der Waals surface area (Å²) in [6.07, 6.45) is 4.61. The number of para-hydroxylation sites is 1. The number of aromatic nitrogens is 1. The molecule has 0 saturated carbocycles. The van der Waals surface area contributed by atoms with Crippen LogP contribution in [0.15, 0.2) is 42.7 Å². The Balaban J connectivity index is 1.97. The lowest BCUT2D eigenvalue weighted by molar-refractivity contribution is 0.0758. The lowest BCUT2D eigenvalue weighted by Crippen LogP contribution is -2.32. The largest absolute Gasteiger partial charge is 0.338 e. The van der Waals surface area contributed by atoms with Gasteiger partial charge in [-0.1, -0.05) is 18.2 Å². The Morgan fingerprint density at radius 3 is 2.50 bits per heavy atom. The highest BCUT2D eigenvalue weighted by Crippen LogP contribution is 2.22. The summed E-state index contributed by atoms with van der Waals surface area (Å²) in [6.45, 7) is 1.06. The minimum atomic E-state index is -0.0827. The molecule has 0 saturated heterocycles. The zero-order chi connectivity index (χ0) is 15.5. The number of rotatable bonds is 4. The number of hydrogen-bond donors (Lipinski definition) is 0. The second kappa shape index (κ2) is 6.36. The summed E-state index contributed by atoms with van der Waals surface area (Å²) < 4.78 is 1.84. The summed E-state index contributed by atoms with van der Waals surface area (Å²) in [4.78, 5) is 26.7. The number of amides is 1. The van der Waals surface area contributed by atoms with Crippen LogP contribution in [0, 0.1) is 0 Å². The van der Waals surface area contributed by atoms with Gasteiger partial charge in [-0.3, -0.25) is 9.59 Å². The second-order valence-electron chi connectivity index (χ2n) is 5.34. The van der Waals surface area contributed by atoms with E-state index in [1.54, 1.807) is 17.3 Å². The van der Waals surface area contributed by atoms with Gasteiger partial charge in [0.15, 0.2) is 5.78 Å². The molecule has 0 aliphatic carbocycles. The molecule has 1 aromatic carbocycles. The summed E-state index contributed by atoms with van der Waals surface area (Å²) in [5.41, 5.74) is 1.94. The van der Waals surface area contributed by atoms with Gasteiger partial charge in [0.1, 0.15) is 0 Å². The zero-order valence-electron chi connectivity index (χ0n) is 12.2. The molecule has 114 valence electrons. The molecule has 0 fully saturated rings. The Morgan fingerprint density at radius 2 is 1.77 bits per heavy atom. The fraction of sp³-hybridized carbons (Fsp3) is 0.294. The van der Waals surface area contributed by atoms with Gasteiger partial charge in [-0.2, -0.15) is 0 Å². The van der Waals surface area contributed by atoms with Crippen molar-refractivity contribution in [3.63, 3.8) is 0 Å². The van der Waals surface area contributed by atoms with E-state index in [1.165, 1.54) is 0 Å². The number of fused-ring (bicyclic) bond motifs is 1. The van der Waals surface area contributed by atoms with Crippen LogP contribution in [0.2, 0.25) is 0 Å². The average molecular weight is 317 g/mol. The van der Waals surface area contributed by atoms with Crippen molar-refractivity contribution in [2.75, 3.05) is 19.0 Å². The molecule has 0 spiro atoms. The van der Waals surface area contributed by atoms with Crippen LogP contribution in [0.3, 0.4) is 0 Å². The van der Waals surface area contributed by atoms with E-state index >= 15 is 0 Å². The van der Waals surface area contributed by atoms with Gasteiger partial charge >= 0.3 is 0 Å². The van der Waals surface area contributed by atoms with Crippen LogP contribution in [-0.2, 0) is 0 Å². The Labute approximate surface area is 134 Å². The Hall–Kier alpha value is -2.07. The first kappa shape index (κ1) is 14.9. The van der Waals surface area contributed by atoms with E-state index in [-0.39, 0.29) is 11.7 Å². The topological polar surface area (TPSA) is 42.3 Å². The monoisotopic (exact) mass is 316 g/mol. The van der Waals surface area contributed by atoms with Gasteiger partial charge in [0.05, 0.1) is 5.56 Å². The molecule has 1 aromatic heterocycles. The van der Waals surface area contributed by atoms with Gasteiger partial charge in [-0.15, -0.1) is 11.6 Å². The van der Waals surface area contributed by atoms with Crippen LogP contribution in [0.5, 0.6) is 0 Å². The molecule has 2 aromatic rings. The van der Waals surface area contributed by atoms with E-state index in [9.17, 15) is 9.59 Å². The Kier molecular flexibility index (Phi) is 4.29. The fourth-order valence-electron chi connectivity index (χ4n) is 2.70. The quantitative estimate of drug-likeness (QED) is 0.813. The van der Waals surface area contributed by atoms with Gasteiger partial charge in [0.25, 0.3) is 5.91 Å². The van der Waals surface area contributed by atoms with Crippen LogP contribution in [-0.4, -0.2) is 40.1 Å². The zero-order valence-corrected chi connectivity index (χ0v) is 12.9. The first-order valence-electron chi connectivity index (χ1n) is 7.36. The van der Waals surface area contributed by atoms with Crippen LogP contribution in [0.1, 0.15) is 33.6 Å². The maximum atomic E-state index is 12.7. The SMILES string of the molecule is O=C1CCN(CCCCl)C(=O)c2cn(-c3ccccc3)cc21. The molecule has 0 N–H and O–H groups in total. The molecule has 0 bridgehead atoms. The van der Waals surface area contributed by atoms with E-state index < -0.39 is 0 Å². The predicted molar refractivity (Wildman–Crippen MR) is 86.0 cm³/mol. The Bertz CT molecular complexity index is 694. The summed E-state index contributed by atoms with van der Waals surface area (Å²) in [7, 11) is 0. The van der Waals surface area contributed by atoms with Crippen molar-refractivity contribution in [2.24, 2.45) is 0 Å². The minimum Gasteiger partial charge on any atom is -0.338 e. The summed E-state index contributed by atoms with van der Waals surface area (Å²) in [6, 6.07) is 9.68. The summed E-state index contributed by atoms with van der Waals surface area (Å²) in [5, 5.41) is 0. The van der Waals surface area contributed by atoms with Gasteiger partial charge in [-0.25, -0.2) is 0 Å². The van der Waals surface area contributed by atoms with E-state index in [0.29, 0.717) is 36.5 Å². The number of ketones is 1. The van der Waals surface area contributed by atoms with Crippen LogP contribution in [0.25, 0.3) is 5.69 Å². The third kappa shape index (κ3) is 2.79. The molecule has 4 nitrogen and oxygen atoms in total. The highest BCUT2D eigenvalue weighted by molar-refractivity contribution is 6.17. The molecule has 5 heteroatoms. The van der Waals surface area contributed by atoms with Crippen molar-refractivity contribution in [1.82, 2.24) is 9.47 Å². The molecule has 1 amide bonds. The van der Waals surface area contributed by atoms with Crippen LogP contribution in [0.4, 0.5) is 0 Å². The van der Waals surface area contributed by atoms with Crippen LogP contribution >= 0.6 is 11.6 Å². The van der Waals surface area contributed by atoms with Gasteiger partial charge in [-0.05, 0) is 18.6 Å². The van der Waals surface area contributed by atoms with Crippen molar-refractivity contribution < 1.29 is 9.59 Å². The molecule has 2 heterocycles. The standard InChI is InChI=1S/C17H17ClN2O2/c18-8-4-9-19-10-7-16(21)14-11-20(12-15(14)17(19)22)13-5-2-1-3-6-13/h1-3,5-6,11-12H,4,7-10H2. The molecule has 0 radical (unpaired) electrons. The van der Waals surface area contributed by atoms with Gasteiger partial charge in [0.2, 0.25) is 0 Å². The number of carbonyl (C=O) groups excluding carboxylic acids is 2. The number of benzene rings is 1. The van der Waals surface area contributed by atoms with E-state index in [0.717, 1.165) is 12.1 Å². The van der Waals surface area contributed by atoms with Crippen molar-refractivity contribution in [3.8, 4) is 5.69 Å². The number of hydrogen-bond acceptors (Lipinski definition) is 2. The molecule has 3 rings (SSSR count). The van der Waals surface area contributed by atoms with Crippen molar-refractivity contribution in [3.05, 3.63) is 53.9 Å². The molecule has 22 heavy (non-hydrogen) atoms. The number of alkyl halides is 1. The highest BCUT2D eigenvalue weighted by atomic mass is 35.5. The highest BCUT2D eigenvalue weighted by Gasteiger charge is 2.28. The molecule has 0 atom stereocenters. The lowest BCUT2D eigenvalue weighted by atomic mass is 10.1. The Morgan fingerprint density at radius 1 is 1.05 bits per heavy atom. The molecular formula is C17H17ClN2O2. The molecule has 0 unspecified atom stereocenters. The molecule has 1 aliphatic heterocycles. The normalized spacial score (nSPS) is 14.9. The third-order valence-corrected chi connectivity index (χ3v) is 4.14. The first-order valence-corrected chi connectivity index (χ1v) is 7.90. The van der Waals surface area contributed by atoms with Gasteiger partial charge < -0.3 is 9.47 Å². The first-order chi connectivity index (χ1) is 10.7. The van der Waals surface area contributed by atoms with E-state index in [1.807, 2.05) is 34.9 Å². The number of nitrogens with zero attached hydrogens (tertiary/aromatic N) is 2. The fourth-order valence-corrected chi connectivity index (χ4v) is 2.82. The molecule has 1 aliphatic rings. The number of halogens is 1. The van der Waals surface area contributed by atoms with Crippen molar-refractivity contribution >= 4 is 23.3 Å². The average Bonchev–Trinajstić information content (AvgIpc) is 2.96. The maximum Gasteiger partial charge on any atom is 0.256 e. The number of carbonyl (C=O) groups is 2. The van der Waals surface area contributed by atoms with Crippen molar-refractivity contribution in [2.45, 2.75) is 12.8 Å².